The number of benzene rings is 1. The highest BCUT2D eigenvalue weighted by Crippen LogP contribution is 2.24. The van der Waals surface area contributed by atoms with Crippen molar-refractivity contribution in [2.75, 3.05) is 13.2 Å². The normalized spacial score (nSPS) is 14.1. The maximum absolute atomic E-state index is 12.6. The molecule has 3 rings (SSSR count). The number of aromatic nitrogens is 1. The van der Waals surface area contributed by atoms with Crippen LogP contribution in [0.25, 0.3) is 0 Å². The van der Waals surface area contributed by atoms with E-state index in [1.807, 2.05) is 24.3 Å². The molecule has 4 nitrogen and oxygen atoms in total. The van der Waals surface area contributed by atoms with Gasteiger partial charge in [0.05, 0.1) is 6.54 Å². The van der Waals surface area contributed by atoms with Crippen molar-refractivity contribution in [3.05, 3.63) is 57.8 Å². The third kappa shape index (κ3) is 3.12. The minimum Gasteiger partial charge on any atom is -0.491 e. The number of ether oxygens (including phenoxy) is 1. The second-order valence-corrected chi connectivity index (χ2v) is 5.46. The molecule has 1 aliphatic rings. The number of rotatable bonds is 1. The van der Waals surface area contributed by atoms with Crippen molar-refractivity contribution >= 4 is 29.1 Å². The van der Waals surface area contributed by atoms with Gasteiger partial charge in [-0.25, -0.2) is 4.98 Å². The fourth-order valence-corrected chi connectivity index (χ4v) is 2.73. The van der Waals surface area contributed by atoms with E-state index in [0.29, 0.717) is 25.3 Å². The van der Waals surface area contributed by atoms with E-state index >= 15 is 0 Å². The maximum atomic E-state index is 12.6. The predicted octanol–water partition coefficient (Wildman–Crippen LogP) is 3.42. The van der Waals surface area contributed by atoms with Gasteiger partial charge in [-0.05, 0) is 18.2 Å². The molecule has 0 radical (unpaired) electrons. The van der Waals surface area contributed by atoms with Crippen molar-refractivity contribution in [2.45, 2.75) is 6.54 Å². The van der Waals surface area contributed by atoms with Crippen LogP contribution in [0.3, 0.4) is 0 Å². The number of fused-ring (bicyclic) bond motifs is 1. The third-order valence-electron chi connectivity index (χ3n) is 3.25. The highest BCUT2D eigenvalue weighted by atomic mass is 35.5. The fourth-order valence-electron chi connectivity index (χ4n) is 2.27. The molecule has 0 saturated carbocycles. The van der Waals surface area contributed by atoms with Gasteiger partial charge in [0.2, 0.25) is 0 Å². The van der Waals surface area contributed by atoms with E-state index in [4.69, 9.17) is 27.9 Å². The number of carbonyl (C=O) groups excluding carboxylic acids is 1. The Morgan fingerprint density at radius 2 is 1.90 bits per heavy atom. The lowest BCUT2D eigenvalue weighted by Crippen LogP contribution is -2.32. The molecule has 6 heteroatoms. The summed E-state index contributed by atoms with van der Waals surface area (Å²) < 4.78 is 5.65. The summed E-state index contributed by atoms with van der Waals surface area (Å²) in [4.78, 5) is 18.2. The Hall–Kier alpha value is -1.78. The van der Waals surface area contributed by atoms with Crippen LogP contribution in [0.4, 0.5) is 0 Å². The van der Waals surface area contributed by atoms with Crippen LogP contribution in [0.5, 0.6) is 5.75 Å². The van der Waals surface area contributed by atoms with E-state index in [1.54, 1.807) is 4.90 Å². The number of para-hydroxylation sites is 1. The second-order valence-electron chi connectivity index (χ2n) is 4.68. The summed E-state index contributed by atoms with van der Waals surface area (Å²) in [6, 6.07) is 10.7. The van der Waals surface area contributed by atoms with Crippen LogP contribution < -0.4 is 4.74 Å². The molecule has 1 aromatic carbocycles. The van der Waals surface area contributed by atoms with Gasteiger partial charge < -0.3 is 9.64 Å². The van der Waals surface area contributed by atoms with Gasteiger partial charge in [-0.15, -0.1) is 0 Å². The molecule has 1 amide bonds. The Kier molecular flexibility index (Phi) is 3.99. The first kappa shape index (κ1) is 14.2. The first-order valence-electron chi connectivity index (χ1n) is 6.46. The zero-order chi connectivity index (χ0) is 14.8. The molecule has 0 saturated heterocycles. The number of carbonyl (C=O) groups is 1. The van der Waals surface area contributed by atoms with Crippen molar-refractivity contribution in [3.63, 3.8) is 0 Å². The maximum Gasteiger partial charge on any atom is 0.254 e. The lowest BCUT2D eigenvalue weighted by Gasteiger charge is -2.20. The van der Waals surface area contributed by atoms with Crippen molar-refractivity contribution in [2.24, 2.45) is 0 Å². The largest absolute Gasteiger partial charge is 0.491 e. The Morgan fingerprint density at radius 1 is 1.19 bits per heavy atom. The molecular formula is C15H12Cl2N2O2. The molecule has 2 heterocycles. The van der Waals surface area contributed by atoms with Gasteiger partial charge in [0, 0.05) is 17.7 Å². The molecule has 0 atom stereocenters. The van der Waals surface area contributed by atoms with Crippen LogP contribution in [0, 0.1) is 0 Å². The topological polar surface area (TPSA) is 42.4 Å². The summed E-state index contributed by atoms with van der Waals surface area (Å²) >= 11 is 11.7. The zero-order valence-electron chi connectivity index (χ0n) is 11.1. The molecule has 0 spiro atoms. The molecule has 21 heavy (non-hydrogen) atoms. The highest BCUT2D eigenvalue weighted by molar-refractivity contribution is 6.33. The van der Waals surface area contributed by atoms with E-state index in [1.165, 1.54) is 12.1 Å². The summed E-state index contributed by atoms with van der Waals surface area (Å²) in [5, 5.41) is 0.412. The highest BCUT2D eigenvalue weighted by Gasteiger charge is 2.21. The standard InChI is InChI=1S/C15H12Cl2N2O2/c16-13-7-11(8-14(17)18-13)15(20)19-5-6-21-12-4-2-1-3-10(12)9-19/h1-4,7-8H,5-6,9H2. The molecule has 0 aliphatic carbocycles. The van der Waals surface area contributed by atoms with E-state index in [0.717, 1.165) is 11.3 Å². The molecule has 1 aromatic heterocycles. The van der Waals surface area contributed by atoms with Gasteiger partial charge in [0.1, 0.15) is 22.7 Å². The van der Waals surface area contributed by atoms with E-state index in [-0.39, 0.29) is 16.2 Å². The van der Waals surface area contributed by atoms with Crippen LogP contribution in [-0.2, 0) is 6.54 Å². The monoisotopic (exact) mass is 322 g/mol. The van der Waals surface area contributed by atoms with E-state index in [9.17, 15) is 4.79 Å². The molecule has 2 aromatic rings. The van der Waals surface area contributed by atoms with Crippen molar-refractivity contribution in [1.29, 1.82) is 0 Å². The Labute approximate surface area is 132 Å². The van der Waals surface area contributed by atoms with Crippen LogP contribution in [0.2, 0.25) is 10.3 Å². The van der Waals surface area contributed by atoms with Gasteiger partial charge in [0.25, 0.3) is 5.91 Å². The predicted molar refractivity (Wildman–Crippen MR) is 80.9 cm³/mol. The van der Waals surface area contributed by atoms with Crippen LogP contribution in [0.1, 0.15) is 15.9 Å². The van der Waals surface area contributed by atoms with Crippen LogP contribution in [-0.4, -0.2) is 28.9 Å². The van der Waals surface area contributed by atoms with Gasteiger partial charge in [-0.1, -0.05) is 41.4 Å². The first-order valence-corrected chi connectivity index (χ1v) is 7.22. The van der Waals surface area contributed by atoms with Crippen LogP contribution >= 0.6 is 23.2 Å². The van der Waals surface area contributed by atoms with Crippen LogP contribution in [0.15, 0.2) is 36.4 Å². The molecule has 0 bridgehead atoms. The number of nitrogens with zero attached hydrogens (tertiary/aromatic N) is 2. The van der Waals surface area contributed by atoms with Crippen molar-refractivity contribution < 1.29 is 9.53 Å². The smallest absolute Gasteiger partial charge is 0.254 e. The van der Waals surface area contributed by atoms with Gasteiger partial charge in [0.15, 0.2) is 0 Å². The quantitative estimate of drug-likeness (QED) is 0.755. The Morgan fingerprint density at radius 3 is 2.67 bits per heavy atom. The average Bonchev–Trinajstić information content (AvgIpc) is 2.67. The summed E-state index contributed by atoms with van der Waals surface area (Å²) in [6.07, 6.45) is 0. The number of hydrogen-bond donors (Lipinski definition) is 0. The minimum atomic E-state index is -0.137. The average molecular weight is 323 g/mol. The molecule has 1 aliphatic heterocycles. The van der Waals surface area contributed by atoms with Gasteiger partial charge >= 0.3 is 0 Å². The lowest BCUT2D eigenvalue weighted by atomic mass is 10.1. The lowest BCUT2D eigenvalue weighted by molar-refractivity contribution is 0.0733. The van der Waals surface area contributed by atoms with Gasteiger partial charge in [-0.3, -0.25) is 4.79 Å². The number of pyridine rings is 1. The first-order chi connectivity index (χ1) is 10.1. The molecular weight excluding hydrogens is 311 g/mol. The summed E-state index contributed by atoms with van der Waals surface area (Å²) in [7, 11) is 0. The molecule has 0 fully saturated rings. The molecule has 0 unspecified atom stereocenters. The third-order valence-corrected chi connectivity index (χ3v) is 3.64. The summed E-state index contributed by atoms with van der Waals surface area (Å²) in [5.41, 5.74) is 1.41. The molecule has 0 N–H and O–H groups in total. The Bertz CT molecular complexity index is 671. The summed E-state index contributed by atoms with van der Waals surface area (Å²) in [5.74, 6) is 0.681. The van der Waals surface area contributed by atoms with Crippen molar-refractivity contribution in [1.82, 2.24) is 9.88 Å². The number of amides is 1. The van der Waals surface area contributed by atoms with Crippen molar-refractivity contribution in [3.8, 4) is 5.75 Å². The zero-order valence-corrected chi connectivity index (χ0v) is 12.6. The second kappa shape index (κ2) is 5.92. The van der Waals surface area contributed by atoms with E-state index in [2.05, 4.69) is 4.98 Å². The summed E-state index contributed by atoms with van der Waals surface area (Å²) in [6.45, 7) is 1.45. The van der Waals surface area contributed by atoms with E-state index < -0.39 is 0 Å². The van der Waals surface area contributed by atoms with Gasteiger partial charge in [-0.2, -0.15) is 0 Å². The number of halogens is 2. The fraction of sp³-hybridized carbons (Fsp3) is 0.200. The SMILES string of the molecule is O=C(c1cc(Cl)nc(Cl)c1)N1CCOc2ccccc2C1. The molecule has 108 valence electrons. The minimum absolute atomic E-state index is 0.137. The number of hydrogen-bond acceptors (Lipinski definition) is 3. The Balaban J connectivity index is 1.88.